The monoisotopic (exact) mass is 413 g/mol. The molecule has 0 fully saturated rings. The second kappa shape index (κ2) is 7.25. The normalized spacial score (nSPS) is 14.3. The van der Waals surface area contributed by atoms with Crippen molar-refractivity contribution in [1.29, 1.82) is 0 Å². The Kier molecular flexibility index (Phi) is 4.75. The quantitative estimate of drug-likeness (QED) is 0.690. The number of methoxy groups -OCH3 is 2. The van der Waals surface area contributed by atoms with Gasteiger partial charge in [-0.2, -0.15) is 0 Å². The minimum Gasteiger partial charge on any atom is -0.497 e. The van der Waals surface area contributed by atoms with Crippen LogP contribution in [0.2, 0.25) is 0 Å². The summed E-state index contributed by atoms with van der Waals surface area (Å²) in [4.78, 5) is 17.5. The average Bonchev–Trinajstić information content (AvgIpc) is 3.26. The van der Waals surface area contributed by atoms with Crippen molar-refractivity contribution in [1.82, 2.24) is 9.55 Å². The molecule has 150 valence electrons. The van der Waals surface area contributed by atoms with Crippen LogP contribution in [0.1, 0.15) is 10.5 Å². The molecule has 0 saturated carbocycles. The third-order valence-corrected chi connectivity index (χ3v) is 6.32. The Morgan fingerprint density at radius 1 is 1.07 bits per heavy atom. The van der Waals surface area contributed by atoms with Crippen LogP contribution in [0.3, 0.4) is 0 Å². The second-order valence-electron chi connectivity index (χ2n) is 6.45. The Morgan fingerprint density at radius 2 is 1.79 bits per heavy atom. The van der Waals surface area contributed by atoms with Gasteiger partial charge in [-0.05, 0) is 36.4 Å². The highest BCUT2D eigenvalue weighted by Gasteiger charge is 2.35. The highest BCUT2D eigenvalue weighted by atomic mass is 32.2. The van der Waals surface area contributed by atoms with E-state index in [1.54, 1.807) is 55.6 Å². The van der Waals surface area contributed by atoms with Crippen molar-refractivity contribution in [3.8, 4) is 22.8 Å². The molecule has 29 heavy (non-hydrogen) atoms. The standard InChI is InChI=1S/C20H19N3O5S/c1-27-14-9-7-13(8-10-14)17-18(23-11-12-29(25,26)20(23)22-17)19(24)21-15-5-3-4-6-16(15)28-2/h3-10H,11-12H2,1-2H3,(H,21,24). The fraction of sp³-hybridized carbons (Fsp3) is 0.200. The van der Waals surface area contributed by atoms with Crippen LogP contribution in [-0.4, -0.2) is 43.8 Å². The minimum absolute atomic E-state index is 0.0762. The molecule has 2 aromatic carbocycles. The van der Waals surface area contributed by atoms with E-state index < -0.39 is 15.7 Å². The number of benzene rings is 2. The summed E-state index contributed by atoms with van der Waals surface area (Å²) in [7, 11) is -0.460. The fourth-order valence-electron chi connectivity index (χ4n) is 3.29. The van der Waals surface area contributed by atoms with Gasteiger partial charge in [0.25, 0.3) is 5.91 Å². The molecule has 0 saturated heterocycles. The van der Waals surface area contributed by atoms with Crippen LogP contribution in [0.5, 0.6) is 11.5 Å². The lowest BCUT2D eigenvalue weighted by molar-refractivity contribution is 0.101. The van der Waals surface area contributed by atoms with E-state index in [4.69, 9.17) is 9.47 Å². The SMILES string of the molecule is COc1ccc(-c2nc3n(c2C(=O)Nc2ccccc2OC)CCS3(=O)=O)cc1. The molecule has 0 aliphatic carbocycles. The number of fused-ring (bicyclic) bond motifs is 1. The zero-order chi connectivity index (χ0) is 20.6. The maximum atomic E-state index is 13.2. The third kappa shape index (κ3) is 3.33. The van der Waals surface area contributed by atoms with Crippen molar-refractivity contribution >= 4 is 21.4 Å². The number of para-hydroxylation sites is 2. The van der Waals surface area contributed by atoms with Gasteiger partial charge in [-0.1, -0.05) is 12.1 Å². The van der Waals surface area contributed by atoms with Crippen LogP contribution < -0.4 is 14.8 Å². The molecular weight excluding hydrogens is 394 g/mol. The summed E-state index contributed by atoms with van der Waals surface area (Å²) in [5.74, 6) is 0.609. The number of sulfone groups is 1. The number of amides is 1. The highest BCUT2D eigenvalue weighted by Crippen LogP contribution is 2.32. The molecule has 1 N–H and O–H groups in total. The first-order chi connectivity index (χ1) is 13.9. The number of nitrogens with one attached hydrogen (secondary N) is 1. The Morgan fingerprint density at radius 3 is 2.48 bits per heavy atom. The van der Waals surface area contributed by atoms with Gasteiger partial charge >= 0.3 is 0 Å². The van der Waals surface area contributed by atoms with Gasteiger partial charge < -0.3 is 19.4 Å². The van der Waals surface area contributed by atoms with Crippen molar-refractivity contribution in [2.45, 2.75) is 11.7 Å². The molecule has 1 aliphatic heterocycles. The summed E-state index contributed by atoms with van der Waals surface area (Å²) in [5.41, 5.74) is 1.60. The number of hydrogen-bond acceptors (Lipinski definition) is 6. The number of aromatic nitrogens is 2. The number of ether oxygens (including phenoxy) is 2. The van der Waals surface area contributed by atoms with Crippen LogP contribution in [0.4, 0.5) is 5.69 Å². The van der Waals surface area contributed by atoms with Gasteiger partial charge in [0.1, 0.15) is 22.9 Å². The van der Waals surface area contributed by atoms with E-state index in [0.717, 1.165) is 0 Å². The molecule has 8 nitrogen and oxygen atoms in total. The molecule has 4 rings (SSSR count). The van der Waals surface area contributed by atoms with E-state index in [9.17, 15) is 13.2 Å². The predicted octanol–water partition coefficient (Wildman–Crippen LogP) is 2.61. The lowest BCUT2D eigenvalue weighted by Gasteiger charge is -2.12. The number of nitrogens with zero attached hydrogens (tertiary/aromatic N) is 2. The number of hydrogen-bond donors (Lipinski definition) is 1. The van der Waals surface area contributed by atoms with Crippen LogP contribution >= 0.6 is 0 Å². The summed E-state index contributed by atoms with van der Waals surface area (Å²) in [6.07, 6.45) is 0. The van der Waals surface area contributed by atoms with Crippen molar-refractivity contribution in [3.05, 3.63) is 54.2 Å². The number of imidazole rings is 1. The number of rotatable bonds is 5. The summed E-state index contributed by atoms with van der Waals surface area (Å²) in [5, 5.41) is 2.72. The summed E-state index contributed by atoms with van der Waals surface area (Å²) >= 11 is 0. The maximum Gasteiger partial charge on any atom is 0.274 e. The summed E-state index contributed by atoms with van der Waals surface area (Å²) < 4.78 is 36.7. The Bertz CT molecular complexity index is 1180. The topological polar surface area (TPSA) is 99.5 Å². The van der Waals surface area contributed by atoms with E-state index in [1.807, 2.05) is 0 Å². The van der Waals surface area contributed by atoms with Gasteiger partial charge in [0.2, 0.25) is 15.0 Å². The first-order valence-electron chi connectivity index (χ1n) is 8.86. The van der Waals surface area contributed by atoms with E-state index in [1.165, 1.54) is 11.7 Å². The lowest BCUT2D eigenvalue weighted by atomic mass is 10.1. The molecule has 1 aromatic heterocycles. The van der Waals surface area contributed by atoms with Gasteiger partial charge in [-0.25, -0.2) is 13.4 Å². The smallest absolute Gasteiger partial charge is 0.274 e. The van der Waals surface area contributed by atoms with Crippen LogP contribution in [0.15, 0.2) is 53.7 Å². The van der Waals surface area contributed by atoms with Crippen molar-refractivity contribution < 1.29 is 22.7 Å². The molecule has 3 aromatic rings. The molecule has 0 bridgehead atoms. The van der Waals surface area contributed by atoms with E-state index >= 15 is 0 Å². The minimum atomic E-state index is -3.52. The largest absolute Gasteiger partial charge is 0.497 e. The van der Waals surface area contributed by atoms with Crippen LogP contribution in [0, 0.1) is 0 Å². The number of anilines is 1. The Hall–Kier alpha value is -3.33. The molecule has 0 spiro atoms. The number of carbonyl (C=O) groups is 1. The van der Waals surface area contributed by atoms with Crippen molar-refractivity contribution in [3.63, 3.8) is 0 Å². The fourth-order valence-corrected chi connectivity index (χ4v) is 4.64. The average molecular weight is 413 g/mol. The third-order valence-electron chi connectivity index (χ3n) is 4.73. The second-order valence-corrected chi connectivity index (χ2v) is 8.45. The van der Waals surface area contributed by atoms with Crippen LogP contribution in [0.25, 0.3) is 11.3 Å². The van der Waals surface area contributed by atoms with E-state index in [-0.39, 0.29) is 23.1 Å². The number of carbonyl (C=O) groups excluding carboxylic acids is 1. The summed E-state index contributed by atoms with van der Waals surface area (Å²) in [6.45, 7) is 0.176. The van der Waals surface area contributed by atoms with Crippen LogP contribution in [-0.2, 0) is 16.4 Å². The predicted molar refractivity (Wildman–Crippen MR) is 107 cm³/mol. The molecule has 1 amide bonds. The zero-order valence-corrected chi connectivity index (χ0v) is 16.7. The zero-order valence-electron chi connectivity index (χ0n) is 15.9. The molecule has 2 heterocycles. The lowest BCUT2D eigenvalue weighted by Crippen LogP contribution is -2.18. The highest BCUT2D eigenvalue weighted by molar-refractivity contribution is 7.91. The Labute approximate surface area is 168 Å². The van der Waals surface area contributed by atoms with E-state index in [0.29, 0.717) is 28.4 Å². The van der Waals surface area contributed by atoms with Gasteiger partial charge in [-0.3, -0.25) is 4.79 Å². The molecule has 1 aliphatic rings. The van der Waals surface area contributed by atoms with Crippen molar-refractivity contribution in [2.24, 2.45) is 0 Å². The first kappa shape index (κ1) is 19.0. The van der Waals surface area contributed by atoms with Gasteiger partial charge in [0.15, 0.2) is 0 Å². The van der Waals surface area contributed by atoms with Gasteiger partial charge in [0, 0.05) is 12.1 Å². The van der Waals surface area contributed by atoms with E-state index in [2.05, 4.69) is 10.3 Å². The van der Waals surface area contributed by atoms with Crippen molar-refractivity contribution in [2.75, 3.05) is 25.3 Å². The first-order valence-corrected chi connectivity index (χ1v) is 10.5. The maximum absolute atomic E-state index is 13.2. The van der Waals surface area contributed by atoms with Gasteiger partial charge in [0.05, 0.1) is 25.7 Å². The molecule has 9 heteroatoms. The Balaban J connectivity index is 1.82. The molecule has 0 unspecified atom stereocenters. The summed E-state index contributed by atoms with van der Waals surface area (Å²) in [6, 6.07) is 13.9. The molecule has 0 radical (unpaired) electrons. The van der Waals surface area contributed by atoms with Gasteiger partial charge in [-0.15, -0.1) is 0 Å². The molecular formula is C20H19N3O5S. The molecule has 0 atom stereocenters.